The van der Waals surface area contributed by atoms with Crippen molar-refractivity contribution in [3.05, 3.63) is 99.0 Å². The highest BCUT2D eigenvalue weighted by atomic mass is 79.9. The lowest BCUT2D eigenvalue weighted by Crippen LogP contribution is -2.41. The SMILES string of the molecule is CC(C)(C)c1ccc2c(c1)C1c3ccccc3C2C2C(=O)N(c3ccc(Br)cc3)C(=O)C12. The molecule has 0 saturated carbocycles. The van der Waals surface area contributed by atoms with Crippen molar-refractivity contribution in [1.29, 1.82) is 0 Å². The molecule has 2 bridgehead atoms. The van der Waals surface area contributed by atoms with Gasteiger partial charge >= 0.3 is 0 Å². The molecule has 1 fully saturated rings. The summed E-state index contributed by atoms with van der Waals surface area (Å²) < 4.78 is 0.923. The van der Waals surface area contributed by atoms with Crippen molar-refractivity contribution in [2.75, 3.05) is 4.90 Å². The monoisotopic (exact) mass is 485 g/mol. The van der Waals surface area contributed by atoms with Crippen LogP contribution in [-0.4, -0.2) is 11.8 Å². The lowest BCUT2D eigenvalue weighted by Gasteiger charge is -2.46. The van der Waals surface area contributed by atoms with Gasteiger partial charge in [-0.05, 0) is 57.5 Å². The molecule has 4 unspecified atom stereocenters. The summed E-state index contributed by atoms with van der Waals surface area (Å²) >= 11 is 3.45. The minimum atomic E-state index is -0.353. The van der Waals surface area contributed by atoms with E-state index in [2.05, 4.69) is 73.1 Å². The van der Waals surface area contributed by atoms with Gasteiger partial charge in [0.1, 0.15) is 0 Å². The molecule has 4 heteroatoms. The fourth-order valence-corrected chi connectivity index (χ4v) is 6.30. The Hall–Kier alpha value is -2.72. The smallest absolute Gasteiger partial charge is 0.238 e. The molecule has 0 spiro atoms. The molecule has 0 N–H and O–H groups in total. The molecular formula is C28H24BrNO2. The number of hydrogen-bond donors (Lipinski definition) is 0. The molecule has 0 aromatic heterocycles. The average molecular weight is 486 g/mol. The van der Waals surface area contributed by atoms with E-state index >= 15 is 0 Å². The van der Waals surface area contributed by atoms with Gasteiger partial charge in [0, 0.05) is 16.3 Å². The molecule has 4 aliphatic rings. The van der Waals surface area contributed by atoms with E-state index in [1.54, 1.807) is 0 Å². The molecule has 2 amide bonds. The third-order valence-electron chi connectivity index (χ3n) is 7.49. The summed E-state index contributed by atoms with van der Waals surface area (Å²) in [6.07, 6.45) is 0. The number of imide groups is 1. The molecule has 1 saturated heterocycles. The fourth-order valence-electron chi connectivity index (χ4n) is 6.04. The number of nitrogens with zero attached hydrogens (tertiary/aromatic N) is 1. The quantitative estimate of drug-likeness (QED) is 0.388. The summed E-state index contributed by atoms with van der Waals surface area (Å²) in [4.78, 5) is 29.0. The van der Waals surface area contributed by atoms with Crippen molar-refractivity contribution in [2.24, 2.45) is 11.8 Å². The number of hydrogen-bond acceptors (Lipinski definition) is 2. The highest BCUT2D eigenvalue weighted by Crippen LogP contribution is 2.61. The Bertz CT molecular complexity index is 1290. The van der Waals surface area contributed by atoms with Crippen molar-refractivity contribution in [3.8, 4) is 0 Å². The van der Waals surface area contributed by atoms with Crippen LogP contribution in [0.25, 0.3) is 0 Å². The van der Waals surface area contributed by atoms with Crippen molar-refractivity contribution >= 4 is 33.4 Å². The van der Waals surface area contributed by atoms with Crippen LogP contribution in [0, 0.1) is 11.8 Å². The van der Waals surface area contributed by atoms with Gasteiger partial charge < -0.3 is 0 Å². The normalized spacial score (nSPS) is 25.6. The highest BCUT2D eigenvalue weighted by molar-refractivity contribution is 9.10. The third kappa shape index (κ3) is 2.59. The van der Waals surface area contributed by atoms with E-state index in [4.69, 9.17) is 0 Å². The molecule has 3 aliphatic carbocycles. The standard InChI is InChI=1S/C28H24BrNO2/c1-28(2,3)15-8-13-20-21(14-15)23-19-7-5-4-6-18(19)22(20)24-25(23)27(32)30(26(24)31)17-11-9-16(29)10-12-17/h4-14,22-25H,1-3H3. The fraction of sp³-hybridized carbons (Fsp3) is 0.286. The van der Waals surface area contributed by atoms with Crippen LogP contribution in [0.5, 0.6) is 0 Å². The van der Waals surface area contributed by atoms with E-state index in [-0.39, 0.29) is 40.9 Å². The Labute approximate surface area is 196 Å². The zero-order valence-electron chi connectivity index (χ0n) is 18.3. The van der Waals surface area contributed by atoms with Gasteiger partial charge in [0.15, 0.2) is 0 Å². The maximum absolute atomic E-state index is 13.8. The van der Waals surface area contributed by atoms with Gasteiger partial charge in [0.25, 0.3) is 0 Å². The summed E-state index contributed by atoms with van der Waals surface area (Å²) in [6, 6.07) is 22.5. The summed E-state index contributed by atoms with van der Waals surface area (Å²) in [5.74, 6) is -1.01. The van der Waals surface area contributed by atoms with Crippen LogP contribution >= 0.6 is 15.9 Å². The minimum Gasteiger partial charge on any atom is -0.274 e. The van der Waals surface area contributed by atoms with E-state index in [1.807, 2.05) is 30.3 Å². The lowest BCUT2D eigenvalue weighted by atomic mass is 9.54. The molecule has 3 aromatic rings. The van der Waals surface area contributed by atoms with Crippen molar-refractivity contribution in [3.63, 3.8) is 0 Å². The van der Waals surface area contributed by atoms with Gasteiger partial charge in [-0.2, -0.15) is 0 Å². The second kappa shape index (κ2) is 6.64. The predicted molar refractivity (Wildman–Crippen MR) is 129 cm³/mol. The largest absolute Gasteiger partial charge is 0.274 e. The minimum absolute atomic E-state index is 0.0175. The Kier molecular flexibility index (Phi) is 4.14. The van der Waals surface area contributed by atoms with Crippen LogP contribution in [0.4, 0.5) is 5.69 Å². The average Bonchev–Trinajstić information content (AvgIpc) is 3.04. The van der Waals surface area contributed by atoms with Crippen molar-refractivity contribution in [2.45, 2.75) is 38.0 Å². The Morgan fingerprint density at radius 1 is 0.719 bits per heavy atom. The van der Waals surface area contributed by atoms with Crippen LogP contribution in [0.15, 0.2) is 71.2 Å². The molecule has 160 valence electrons. The summed E-state index contributed by atoms with van der Waals surface area (Å²) in [5.41, 5.74) is 6.77. The predicted octanol–water partition coefficient (Wildman–Crippen LogP) is 6.14. The molecule has 3 nitrogen and oxygen atoms in total. The number of anilines is 1. The first-order valence-corrected chi connectivity index (χ1v) is 11.9. The Balaban J connectivity index is 1.56. The summed E-state index contributed by atoms with van der Waals surface area (Å²) in [6.45, 7) is 6.64. The second-order valence-electron chi connectivity index (χ2n) is 10.2. The van der Waals surface area contributed by atoms with Gasteiger partial charge in [0.05, 0.1) is 17.5 Å². The highest BCUT2D eigenvalue weighted by Gasteiger charge is 2.61. The Morgan fingerprint density at radius 2 is 1.25 bits per heavy atom. The molecule has 0 radical (unpaired) electrons. The zero-order chi connectivity index (χ0) is 22.4. The van der Waals surface area contributed by atoms with Gasteiger partial charge in [-0.3, -0.25) is 9.59 Å². The van der Waals surface area contributed by atoms with Crippen LogP contribution in [-0.2, 0) is 15.0 Å². The van der Waals surface area contributed by atoms with E-state index in [0.29, 0.717) is 5.69 Å². The van der Waals surface area contributed by atoms with Gasteiger partial charge in [-0.25, -0.2) is 4.90 Å². The lowest BCUT2D eigenvalue weighted by molar-refractivity contribution is -0.122. The molecular weight excluding hydrogens is 462 g/mol. The number of halogens is 1. The molecule has 3 aromatic carbocycles. The van der Waals surface area contributed by atoms with E-state index in [1.165, 1.54) is 32.7 Å². The molecule has 7 rings (SSSR count). The maximum Gasteiger partial charge on any atom is 0.238 e. The van der Waals surface area contributed by atoms with Crippen molar-refractivity contribution < 1.29 is 9.59 Å². The zero-order valence-corrected chi connectivity index (χ0v) is 19.9. The summed E-state index contributed by atoms with van der Waals surface area (Å²) in [7, 11) is 0. The molecule has 4 atom stereocenters. The molecule has 1 aliphatic heterocycles. The third-order valence-corrected chi connectivity index (χ3v) is 8.02. The summed E-state index contributed by atoms with van der Waals surface area (Å²) in [5, 5.41) is 0. The first kappa shape index (κ1) is 19.9. The van der Waals surface area contributed by atoms with Gasteiger partial charge in [0.2, 0.25) is 11.8 Å². The van der Waals surface area contributed by atoms with Gasteiger partial charge in [-0.1, -0.05) is 79.2 Å². The van der Waals surface area contributed by atoms with Crippen molar-refractivity contribution in [1.82, 2.24) is 0 Å². The number of rotatable bonds is 1. The first-order valence-electron chi connectivity index (χ1n) is 11.1. The van der Waals surface area contributed by atoms with E-state index in [9.17, 15) is 9.59 Å². The number of amides is 2. The van der Waals surface area contributed by atoms with Gasteiger partial charge in [-0.15, -0.1) is 0 Å². The number of benzene rings is 3. The van der Waals surface area contributed by atoms with Crippen LogP contribution < -0.4 is 4.90 Å². The Morgan fingerprint density at radius 3 is 1.81 bits per heavy atom. The number of carbonyl (C=O) groups excluding carboxylic acids is 2. The first-order chi connectivity index (χ1) is 15.3. The molecule has 1 heterocycles. The molecule has 32 heavy (non-hydrogen) atoms. The van der Waals surface area contributed by atoms with E-state index in [0.717, 1.165) is 4.47 Å². The van der Waals surface area contributed by atoms with Crippen LogP contribution in [0.1, 0.15) is 60.4 Å². The second-order valence-corrected chi connectivity index (χ2v) is 11.1. The van der Waals surface area contributed by atoms with E-state index < -0.39 is 0 Å². The number of carbonyl (C=O) groups is 2. The topological polar surface area (TPSA) is 37.4 Å². The maximum atomic E-state index is 13.8. The van der Waals surface area contributed by atoms with Crippen LogP contribution in [0.3, 0.4) is 0 Å². The van der Waals surface area contributed by atoms with Crippen LogP contribution in [0.2, 0.25) is 0 Å².